The number of aromatic nitrogens is 1. The third-order valence-electron chi connectivity index (χ3n) is 3.02. The molecule has 19 heavy (non-hydrogen) atoms. The summed E-state index contributed by atoms with van der Waals surface area (Å²) in [6.07, 6.45) is 3.68. The van der Waals surface area contributed by atoms with E-state index in [0.29, 0.717) is 11.3 Å². The lowest BCUT2D eigenvalue weighted by atomic mass is 10.1. The molecule has 2 heterocycles. The molecule has 0 fully saturated rings. The number of aryl methyl sites for hydroxylation is 1. The van der Waals surface area contributed by atoms with Crippen molar-refractivity contribution in [2.24, 2.45) is 0 Å². The van der Waals surface area contributed by atoms with Gasteiger partial charge in [-0.2, -0.15) is 4.57 Å². The Hall–Kier alpha value is -1.94. The van der Waals surface area contributed by atoms with Crippen molar-refractivity contribution in [3.8, 4) is 5.69 Å². The van der Waals surface area contributed by atoms with Gasteiger partial charge in [0.05, 0.1) is 0 Å². The number of hydrogen-bond acceptors (Lipinski definition) is 2. The maximum Gasteiger partial charge on any atom is 0.409 e. The Kier molecular flexibility index (Phi) is 3.81. The van der Waals surface area contributed by atoms with Gasteiger partial charge in [0, 0.05) is 23.1 Å². The van der Waals surface area contributed by atoms with Gasteiger partial charge in [-0.3, -0.25) is 0 Å². The maximum absolute atomic E-state index is 12.1. The molecular weight excluding hydrogens is 306 g/mol. The van der Waals surface area contributed by atoms with Crippen LogP contribution in [-0.2, 0) is 0 Å². The Balaban J connectivity index is 0.00000133. The number of rotatable bonds is 1. The minimum Gasteiger partial charge on any atom is -1.00 e. The highest BCUT2D eigenvalue weighted by Gasteiger charge is 2.19. The second kappa shape index (κ2) is 5.36. The standard InChI is InChI=1S/C15H12NO2.BrH/c1-11-12-7-3-4-8-13(12)18-15(17)14(11)16-9-5-2-6-10-16;/h2-10H,1H3;1H/q+1;/p-1. The van der Waals surface area contributed by atoms with Gasteiger partial charge in [0.25, 0.3) is 5.69 Å². The molecule has 0 bridgehead atoms. The molecule has 4 heteroatoms. The monoisotopic (exact) mass is 317 g/mol. The van der Waals surface area contributed by atoms with Crippen molar-refractivity contribution in [2.45, 2.75) is 6.92 Å². The molecule has 0 unspecified atom stereocenters. The van der Waals surface area contributed by atoms with Gasteiger partial charge in [-0.1, -0.05) is 24.3 Å². The molecule has 2 aromatic heterocycles. The summed E-state index contributed by atoms with van der Waals surface area (Å²) in [4.78, 5) is 12.1. The van der Waals surface area contributed by atoms with Crippen LogP contribution < -0.4 is 27.2 Å². The fraction of sp³-hybridized carbons (Fsp3) is 0.0667. The Morgan fingerprint density at radius 2 is 1.68 bits per heavy atom. The first kappa shape index (κ1) is 13.5. The van der Waals surface area contributed by atoms with E-state index in [0.717, 1.165) is 10.9 Å². The summed E-state index contributed by atoms with van der Waals surface area (Å²) in [5, 5.41) is 0.962. The summed E-state index contributed by atoms with van der Waals surface area (Å²) in [7, 11) is 0. The molecule has 0 radical (unpaired) electrons. The average molecular weight is 318 g/mol. The highest BCUT2D eigenvalue weighted by atomic mass is 79.9. The van der Waals surface area contributed by atoms with Crippen LogP contribution in [0.25, 0.3) is 16.7 Å². The minimum atomic E-state index is -0.317. The SMILES string of the molecule is Cc1c(-[n+]2ccccc2)c(=O)oc2ccccc12.[Br-]. The van der Waals surface area contributed by atoms with Gasteiger partial charge >= 0.3 is 5.63 Å². The first-order valence-electron chi connectivity index (χ1n) is 5.76. The predicted octanol–water partition coefficient (Wildman–Crippen LogP) is -0.618. The Labute approximate surface area is 120 Å². The van der Waals surface area contributed by atoms with Crippen LogP contribution >= 0.6 is 0 Å². The lowest BCUT2D eigenvalue weighted by molar-refractivity contribution is -0.597. The molecule has 0 saturated carbocycles. The van der Waals surface area contributed by atoms with E-state index in [4.69, 9.17) is 4.42 Å². The van der Waals surface area contributed by atoms with E-state index >= 15 is 0 Å². The fourth-order valence-electron chi connectivity index (χ4n) is 2.14. The van der Waals surface area contributed by atoms with Crippen LogP contribution in [0.5, 0.6) is 0 Å². The lowest BCUT2D eigenvalue weighted by Gasteiger charge is -2.02. The molecule has 3 aromatic rings. The number of hydrogen-bond donors (Lipinski definition) is 0. The Morgan fingerprint density at radius 1 is 1.00 bits per heavy atom. The number of halogens is 1. The van der Waals surface area contributed by atoms with Crippen LogP contribution in [0.1, 0.15) is 5.56 Å². The third-order valence-corrected chi connectivity index (χ3v) is 3.02. The molecule has 1 aromatic carbocycles. The predicted molar refractivity (Wildman–Crippen MR) is 68.8 cm³/mol. The Morgan fingerprint density at radius 3 is 2.42 bits per heavy atom. The summed E-state index contributed by atoms with van der Waals surface area (Å²) in [6.45, 7) is 1.94. The zero-order chi connectivity index (χ0) is 12.5. The first-order valence-corrected chi connectivity index (χ1v) is 5.76. The summed E-state index contributed by atoms with van der Waals surface area (Å²) >= 11 is 0. The fourth-order valence-corrected chi connectivity index (χ4v) is 2.14. The number of pyridine rings is 1. The largest absolute Gasteiger partial charge is 1.00 e. The van der Waals surface area contributed by atoms with Crippen LogP contribution in [0.4, 0.5) is 0 Å². The zero-order valence-electron chi connectivity index (χ0n) is 10.3. The van der Waals surface area contributed by atoms with Crippen molar-refractivity contribution in [3.63, 3.8) is 0 Å². The second-order valence-corrected chi connectivity index (χ2v) is 4.14. The molecule has 3 nitrogen and oxygen atoms in total. The molecule has 3 rings (SSSR count). The van der Waals surface area contributed by atoms with E-state index in [-0.39, 0.29) is 22.6 Å². The average Bonchev–Trinajstić information content (AvgIpc) is 2.40. The van der Waals surface area contributed by atoms with Crippen LogP contribution in [0, 0.1) is 6.92 Å². The van der Waals surface area contributed by atoms with Crippen molar-refractivity contribution in [1.29, 1.82) is 0 Å². The molecule has 0 spiro atoms. The van der Waals surface area contributed by atoms with Gasteiger partial charge in [0.2, 0.25) is 0 Å². The highest BCUT2D eigenvalue weighted by molar-refractivity contribution is 5.81. The van der Waals surface area contributed by atoms with Crippen LogP contribution in [0.3, 0.4) is 0 Å². The smallest absolute Gasteiger partial charge is 0.409 e. The molecule has 0 N–H and O–H groups in total. The van der Waals surface area contributed by atoms with E-state index in [2.05, 4.69) is 0 Å². The molecule has 0 aliphatic carbocycles. The molecule has 0 atom stereocenters. The maximum atomic E-state index is 12.1. The number of benzene rings is 1. The summed E-state index contributed by atoms with van der Waals surface area (Å²) in [6, 6.07) is 13.2. The second-order valence-electron chi connectivity index (χ2n) is 4.14. The van der Waals surface area contributed by atoms with Crippen LogP contribution in [0.2, 0.25) is 0 Å². The highest BCUT2D eigenvalue weighted by Crippen LogP contribution is 2.18. The van der Waals surface area contributed by atoms with E-state index in [9.17, 15) is 4.79 Å². The quantitative estimate of drug-likeness (QED) is 0.443. The first-order chi connectivity index (χ1) is 8.77. The van der Waals surface area contributed by atoms with Gasteiger partial charge in [0.15, 0.2) is 12.4 Å². The summed E-state index contributed by atoms with van der Waals surface area (Å²) < 4.78 is 7.14. The van der Waals surface area contributed by atoms with E-state index in [1.54, 1.807) is 4.57 Å². The van der Waals surface area contributed by atoms with Gasteiger partial charge in [-0.25, -0.2) is 4.79 Å². The van der Waals surface area contributed by atoms with Crippen molar-refractivity contribution in [2.75, 3.05) is 0 Å². The van der Waals surface area contributed by atoms with E-state index < -0.39 is 0 Å². The van der Waals surface area contributed by atoms with E-state index in [1.165, 1.54) is 0 Å². The molecule has 0 aliphatic rings. The summed E-state index contributed by atoms with van der Waals surface area (Å²) in [5.41, 5.74) is 1.80. The normalized spacial score (nSPS) is 10.2. The zero-order valence-corrected chi connectivity index (χ0v) is 11.9. The van der Waals surface area contributed by atoms with Crippen molar-refractivity contribution in [3.05, 3.63) is 70.8 Å². The number of fused-ring (bicyclic) bond motifs is 1. The van der Waals surface area contributed by atoms with Gasteiger partial charge in [-0.05, 0) is 13.0 Å². The molecule has 0 amide bonds. The number of para-hydroxylation sites is 1. The summed E-state index contributed by atoms with van der Waals surface area (Å²) in [5.74, 6) is 0. The van der Waals surface area contributed by atoms with Gasteiger partial charge < -0.3 is 21.4 Å². The minimum absolute atomic E-state index is 0. The van der Waals surface area contributed by atoms with E-state index in [1.807, 2.05) is 61.8 Å². The molecule has 0 saturated heterocycles. The van der Waals surface area contributed by atoms with Gasteiger partial charge in [0.1, 0.15) is 5.58 Å². The van der Waals surface area contributed by atoms with Crippen molar-refractivity contribution in [1.82, 2.24) is 0 Å². The number of nitrogens with zero attached hydrogens (tertiary/aromatic N) is 1. The van der Waals surface area contributed by atoms with Crippen LogP contribution in [-0.4, -0.2) is 0 Å². The molecule has 0 aliphatic heterocycles. The molecular formula is C15H12BrNO2. The topological polar surface area (TPSA) is 34.1 Å². The molecule has 96 valence electrons. The van der Waals surface area contributed by atoms with Crippen LogP contribution in [0.15, 0.2) is 64.1 Å². The van der Waals surface area contributed by atoms with Gasteiger partial charge in [-0.15, -0.1) is 0 Å². The lowest BCUT2D eigenvalue weighted by Crippen LogP contribution is -3.00. The van der Waals surface area contributed by atoms with Crippen molar-refractivity contribution < 1.29 is 26.0 Å². The van der Waals surface area contributed by atoms with Crippen molar-refractivity contribution >= 4 is 11.0 Å². The third kappa shape index (κ3) is 2.31. The Bertz CT molecular complexity index is 766.